The highest BCUT2D eigenvalue weighted by Crippen LogP contribution is 2.28. The number of aromatic nitrogens is 1. The minimum absolute atomic E-state index is 0.0247. The Morgan fingerprint density at radius 1 is 1.20 bits per heavy atom. The van der Waals surface area contributed by atoms with Crippen molar-refractivity contribution in [3.8, 4) is 5.75 Å². The van der Waals surface area contributed by atoms with Crippen LogP contribution in [0.5, 0.6) is 5.75 Å². The fourth-order valence-corrected chi connectivity index (χ4v) is 3.97. The third-order valence-electron chi connectivity index (χ3n) is 3.41. The third kappa shape index (κ3) is 3.72. The molecule has 25 heavy (non-hydrogen) atoms. The van der Waals surface area contributed by atoms with E-state index in [-0.39, 0.29) is 10.5 Å². The Labute approximate surface area is 148 Å². The lowest BCUT2D eigenvalue weighted by atomic mass is 10.2. The molecule has 0 saturated heterocycles. The normalized spacial score (nSPS) is 11.3. The molecule has 2 aromatic carbocycles. The van der Waals surface area contributed by atoms with Gasteiger partial charge in [-0.3, -0.25) is 15.6 Å². The number of rotatable bonds is 5. The first-order valence-electron chi connectivity index (χ1n) is 7.18. The Morgan fingerprint density at radius 3 is 2.68 bits per heavy atom. The summed E-state index contributed by atoms with van der Waals surface area (Å²) in [6.45, 7) is 0. The largest absolute Gasteiger partial charge is 0.497 e. The van der Waals surface area contributed by atoms with Gasteiger partial charge in [0.1, 0.15) is 5.75 Å². The molecule has 9 heteroatoms. The van der Waals surface area contributed by atoms with E-state index in [1.165, 1.54) is 23.5 Å². The number of nitrogens with one attached hydrogen (secondary N) is 2. The van der Waals surface area contributed by atoms with E-state index in [4.69, 9.17) is 4.74 Å². The molecule has 0 unspecified atom stereocenters. The van der Waals surface area contributed by atoms with Gasteiger partial charge in [-0.05, 0) is 30.3 Å². The zero-order chi connectivity index (χ0) is 18.0. The Balaban J connectivity index is 1.79. The Morgan fingerprint density at radius 2 is 1.96 bits per heavy atom. The number of carbonyl (C=O) groups is 1. The van der Waals surface area contributed by atoms with Crippen LogP contribution in [0, 0.1) is 0 Å². The summed E-state index contributed by atoms with van der Waals surface area (Å²) in [5.41, 5.74) is 6.03. The summed E-state index contributed by atoms with van der Waals surface area (Å²) in [6.07, 6.45) is 1.06. The average molecular weight is 377 g/mol. The zero-order valence-corrected chi connectivity index (χ0v) is 15.1. The van der Waals surface area contributed by atoms with Gasteiger partial charge in [0.05, 0.1) is 27.8 Å². The molecule has 1 aromatic heterocycles. The molecule has 0 aliphatic carbocycles. The highest BCUT2D eigenvalue weighted by molar-refractivity contribution is 7.90. The molecule has 2 N–H and O–H groups in total. The van der Waals surface area contributed by atoms with Crippen molar-refractivity contribution in [2.24, 2.45) is 0 Å². The second kappa shape index (κ2) is 6.69. The van der Waals surface area contributed by atoms with E-state index in [1.54, 1.807) is 25.3 Å². The number of fused-ring (bicyclic) bond motifs is 1. The maximum Gasteiger partial charge on any atom is 0.270 e. The molecule has 0 bridgehead atoms. The first-order valence-corrected chi connectivity index (χ1v) is 9.89. The maximum atomic E-state index is 12.3. The molecule has 0 atom stereocenters. The summed E-state index contributed by atoms with van der Waals surface area (Å²) in [6, 6.07) is 11.5. The topological polar surface area (TPSA) is 97.4 Å². The van der Waals surface area contributed by atoms with Crippen LogP contribution < -0.4 is 15.6 Å². The number of methoxy groups -OCH3 is 1. The lowest BCUT2D eigenvalue weighted by Gasteiger charge is -2.08. The molecule has 1 amide bonds. The van der Waals surface area contributed by atoms with Gasteiger partial charge in [0.2, 0.25) is 5.13 Å². The monoisotopic (exact) mass is 377 g/mol. The molecule has 130 valence electrons. The quantitative estimate of drug-likeness (QED) is 0.663. The van der Waals surface area contributed by atoms with Crippen LogP contribution in [0.4, 0.5) is 5.13 Å². The fourth-order valence-electron chi connectivity index (χ4n) is 2.24. The predicted molar refractivity (Wildman–Crippen MR) is 96.8 cm³/mol. The number of hydrogen-bond donors (Lipinski definition) is 2. The summed E-state index contributed by atoms with van der Waals surface area (Å²) in [5.74, 6) is 0.159. The molecule has 0 spiro atoms. The Bertz CT molecular complexity index is 1040. The van der Waals surface area contributed by atoms with Crippen LogP contribution in [0.1, 0.15) is 10.4 Å². The number of amides is 1. The molecule has 3 aromatic rings. The van der Waals surface area contributed by atoms with Gasteiger partial charge in [0.15, 0.2) is 9.84 Å². The number of sulfone groups is 1. The molecular weight excluding hydrogens is 362 g/mol. The summed E-state index contributed by atoms with van der Waals surface area (Å²) < 4.78 is 29.6. The van der Waals surface area contributed by atoms with Crippen LogP contribution in [-0.4, -0.2) is 32.7 Å². The minimum atomic E-state index is -3.51. The van der Waals surface area contributed by atoms with E-state index in [9.17, 15) is 13.2 Å². The summed E-state index contributed by atoms with van der Waals surface area (Å²) in [5, 5.41) is 0.480. The van der Waals surface area contributed by atoms with Gasteiger partial charge in [-0.2, -0.15) is 0 Å². The fraction of sp³-hybridized carbons (Fsp3) is 0.125. The maximum absolute atomic E-state index is 12.3. The van der Waals surface area contributed by atoms with Crippen molar-refractivity contribution < 1.29 is 17.9 Å². The van der Waals surface area contributed by atoms with Gasteiger partial charge in [0.25, 0.3) is 5.91 Å². The van der Waals surface area contributed by atoms with Crippen LogP contribution in [0.15, 0.2) is 47.4 Å². The van der Waals surface area contributed by atoms with Crippen molar-refractivity contribution in [3.63, 3.8) is 0 Å². The number of benzene rings is 2. The van der Waals surface area contributed by atoms with Crippen LogP contribution in [-0.2, 0) is 9.84 Å². The molecule has 0 radical (unpaired) electrons. The lowest BCUT2D eigenvalue weighted by molar-refractivity contribution is 0.0959. The van der Waals surface area contributed by atoms with Crippen LogP contribution in [0.3, 0.4) is 0 Å². The number of nitrogens with zero attached hydrogens (tertiary/aromatic N) is 1. The van der Waals surface area contributed by atoms with E-state index in [1.807, 2.05) is 12.1 Å². The molecule has 3 rings (SSSR count). The third-order valence-corrected chi connectivity index (χ3v) is 5.50. The van der Waals surface area contributed by atoms with Gasteiger partial charge < -0.3 is 4.74 Å². The van der Waals surface area contributed by atoms with E-state index in [0.717, 1.165) is 16.5 Å². The van der Waals surface area contributed by atoms with Crippen LogP contribution in [0.2, 0.25) is 0 Å². The molecular formula is C16H15N3O4S2. The van der Waals surface area contributed by atoms with Gasteiger partial charge in [0, 0.05) is 6.26 Å². The number of hydrogen-bond acceptors (Lipinski definition) is 7. The van der Waals surface area contributed by atoms with Gasteiger partial charge in [-0.1, -0.05) is 23.5 Å². The second-order valence-corrected chi connectivity index (χ2v) is 8.21. The number of hydrazine groups is 1. The minimum Gasteiger partial charge on any atom is -0.497 e. The Hall–Kier alpha value is -2.65. The highest BCUT2D eigenvalue weighted by atomic mass is 32.2. The van der Waals surface area contributed by atoms with Crippen molar-refractivity contribution in [2.75, 3.05) is 18.8 Å². The standard InChI is InChI=1S/C16H15N3O4S2/c1-23-10-7-8-12-13(9-10)24-16(17-12)19-18-15(20)11-5-3-4-6-14(11)25(2,21)22/h3-9H,1-2H3,(H,17,19)(H,18,20). The van der Waals surface area contributed by atoms with Crippen molar-refractivity contribution in [2.45, 2.75) is 4.90 Å². The molecule has 1 heterocycles. The van der Waals surface area contributed by atoms with Crippen molar-refractivity contribution >= 4 is 42.4 Å². The molecule has 0 aliphatic heterocycles. The van der Waals surface area contributed by atoms with E-state index in [2.05, 4.69) is 15.8 Å². The molecule has 0 saturated carbocycles. The predicted octanol–water partition coefficient (Wildman–Crippen LogP) is 2.47. The molecule has 0 fully saturated rings. The number of anilines is 1. The zero-order valence-electron chi connectivity index (χ0n) is 13.4. The summed E-state index contributed by atoms with van der Waals surface area (Å²) >= 11 is 1.34. The first-order chi connectivity index (χ1) is 11.9. The van der Waals surface area contributed by atoms with Crippen LogP contribution >= 0.6 is 11.3 Å². The number of thiazole rings is 1. The lowest BCUT2D eigenvalue weighted by Crippen LogP contribution is -2.30. The molecule has 0 aliphatic rings. The van der Waals surface area contributed by atoms with Crippen molar-refractivity contribution in [3.05, 3.63) is 48.0 Å². The smallest absolute Gasteiger partial charge is 0.270 e. The average Bonchev–Trinajstić information content (AvgIpc) is 3.00. The van der Waals surface area contributed by atoms with Crippen molar-refractivity contribution in [1.82, 2.24) is 10.4 Å². The van der Waals surface area contributed by atoms with Gasteiger partial charge in [-0.25, -0.2) is 13.4 Å². The number of carbonyl (C=O) groups excluding carboxylic acids is 1. The highest BCUT2D eigenvalue weighted by Gasteiger charge is 2.18. The van der Waals surface area contributed by atoms with E-state index in [0.29, 0.717) is 10.9 Å². The molecule has 7 nitrogen and oxygen atoms in total. The van der Waals surface area contributed by atoms with Crippen LogP contribution in [0.25, 0.3) is 10.2 Å². The second-order valence-electron chi connectivity index (χ2n) is 5.20. The SMILES string of the molecule is COc1ccc2nc(NNC(=O)c3ccccc3S(C)(=O)=O)sc2c1. The Kier molecular flexibility index (Phi) is 4.60. The summed E-state index contributed by atoms with van der Waals surface area (Å²) in [4.78, 5) is 16.6. The van der Waals surface area contributed by atoms with Gasteiger partial charge >= 0.3 is 0 Å². The van der Waals surface area contributed by atoms with Crippen molar-refractivity contribution in [1.29, 1.82) is 0 Å². The number of ether oxygens (including phenoxy) is 1. The van der Waals surface area contributed by atoms with Gasteiger partial charge in [-0.15, -0.1) is 0 Å². The summed E-state index contributed by atoms with van der Waals surface area (Å²) in [7, 11) is -1.92. The van der Waals surface area contributed by atoms with E-state index >= 15 is 0 Å². The first kappa shape index (κ1) is 17.2. The van der Waals surface area contributed by atoms with E-state index < -0.39 is 15.7 Å².